The van der Waals surface area contributed by atoms with E-state index in [1.54, 1.807) is 0 Å². The van der Waals surface area contributed by atoms with Crippen LogP contribution in [0.5, 0.6) is 0 Å². The van der Waals surface area contributed by atoms with Crippen LogP contribution in [0.1, 0.15) is 37.3 Å². The van der Waals surface area contributed by atoms with Gasteiger partial charge < -0.3 is 9.64 Å². The van der Waals surface area contributed by atoms with Gasteiger partial charge in [-0.05, 0) is 26.7 Å². The molecule has 0 aromatic carbocycles. The van der Waals surface area contributed by atoms with Crippen LogP contribution in [0.15, 0.2) is 0 Å². The van der Waals surface area contributed by atoms with Crippen LogP contribution in [0.4, 0.5) is 5.13 Å². The minimum Gasteiger partial charge on any atom is -0.368 e. The molecular weight excluding hydrogens is 340 g/mol. The van der Waals surface area contributed by atoms with Crippen LogP contribution in [-0.4, -0.2) is 65.5 Å². The molecule has 2 aliphatic heterocycles. The number of carbonyl (C=O) groups excluding carboxylic acids is 2. The van der Waals surface area contributed by atoms with E-state index in [9.17, 15) is 9.59 Å². The van der Waals surface area contributed by atoms with Gasteiger partial charge in [-0.2, -0.15) is 0 Å². The highest BCUT2D eigenvalue weighted by Gasteiger charge is 2.27. The van der Waals surface area contributed by atoms with Crippen molar-refractivity contribution in [3.8, 4) is 0 Å². The zero-order valence-corrected chi connectivity index (χ0v) is 15.7. The van der Waals surface area contributed by atoms with Crippen molar-refractivity contribution in [1.82, 2.24) is 14.8 Å². The van der Waals surface area contributed by atoms with Crippen molar-refractivity contribution in [2.75, 3.05) is 38.1 Å². The molecule has 0 saturated carbocycles. The van der Waals surface area contributed by atoms with Crippen molar-refractivity contribution in [3.05, 3.63) is 10.6 Å². The van der Waals surface area contributed by atoms with Gasteiger partial charge in [0.25, 0.3) is 5.91 Å². The zero-order chi connectivity index (χ0) is 17.8. The number of thiazole rings is 1. The highest BCUT2D eigenvalue weighted by Crippen LogP contribution is 2.28. The molecule has 0 spiro atoms. The Labute approximate surface area is 152 Å². The first kappa shape index (κ1) is 18.3. The first-order valence-electron chi connectivity index (χ1n) is 9.01. The minimum absolute atomic E-state index is 0.0998. The molecule has 1 fully saturated rings. The van der Waals surface area contributed by atoms with Gasteiger partial charge in [0, 0.05) is 44.1 Å². The Hall–Kier alpha value is -1.51. The molecule has 1 aromatic heterocycles. The van der Waals surface area contributed by atoms with E-state index in [2.05, 4.69) is 15.2 Å². The molecule has 1 unspecified atom stereocenters. The fourth-order valence-corrected chi connectivity index (χ4v) is 4.33. The Morgan fingerprint density at radius 1 is 1.40 bits per heavy atom. The smallest absolute Gasteiger partial charge is 0.255 e. The van der Waals surface area contributed by atoms with Crippen molar-refractivity contribution < 1.29 is 14.3 Å². The highest BCUT2D eigenvalue weighted by molar-refractivity contribution is 7.15. The maximum absolute atomic E-state index is 12.3. The molecule has 2 amide bonds. The number of nitrogens with one attached hydrogen (secondary N) is 1. The Balaban J connectivity index is 1.57. The third kappa shape index (κ3) is 4.37. The Morgan fingerprint density at radius 3 is 2.88 bits per heavy atom. The van der Waals surface area contributed by atoms with Crippen LogP contribution in [0.25, 0.3) is 0 Å². The molecule has 1 atom stereocenters. The van der Waals surface area contributed by atoms with Gasteiger partial charge in [0.1, 0.15) is 6.10 Å². The van der Waals surface area contributed by atoms with Crippen molar-refractivity contribution in [3.63, 3.8) is 0 Å². The van der Waals surface area contributed by atoms with Crippen molar-refractivity contribution in [2.24, 2.45) is 0 Å². The first-order valence-corrected chi connectivity index (χ1v) is 9.83. The molecule has 3 heterocycles. The predicted octanol–water partition coefficient (Wildman–Crippen LogP) is 1.49. The number of hydrogen-bond acceptors (Lipinski definition) is 6. The molecule has 138 valence electrons. The summed E-state index contributed by atoms with van der Waals surface area (Å²) in [7, 11) is 0. The van der Waals surface area contributed by atoms with Crippen molar-refractivity contribution >= 4 is 28.3 Å². The molecule has 0 radical (unpaired) electrons. The Kier molecular flexibility index (Phi) is 6.03. The summed E-state index contributed by atoms with van der Waals surface area (Å²) in [6.07, 6.45) is 2.18. The quantitative estimate of drug-likeness (QED) is 0.826. The molecule has 1 N–H and O–H groups in total. The third-order valence-electron chi connectivity index (χ3n) is 4.74. The van der Waals surface area contributed by atoms with Crippen LogP contribution >= 0.6 is 11.3 Å². The zero-order valence-electron chi connectivity index (χ0n) is 14.9. The van der Waals surface area contributed by atoms with Crippen LogP contribution < -0.4 is 5.32 Å². The van der Waals surface area contributed by atoms with Gasteiger partial charge in [-0.3, -0.25) is 19.8 Å². The lowest BCUT2D eigenvalue weighted by atomic mass is 10.2. The molecule has 2 aliphatic rings. The fraction of sp³-hybridized carbons (Fsp3) is 0.706. The van der Waals surface area contributed by atoms with Crippen LogP contribution in [0, 0.1) is 0 Å². The molecule has 1 saturated heterocycles. The van der Waals surface area contributed by atoms with Gasteiger partial charge in [-0.25, -0.2) is 4.98 Å². The second-order valence-electron chi connectivity index (χ2n) is 6.41. The summed E-state index contributed by atoms with van der Waals surface area (Å²) >= 11 is 1.51. The monoisotopic (exact) mass is 366 g/mol. The van der Waals surface area contributed by atoms with Crippen LogP contribution in [0.2, 0.25) is 0 Å². The van der Waals surface area contributed by atoms with Gasteiger partial charge in [-0.1, -0.05) is 0 Å². The number of carbonyl (C=O) groups is 2. The summed E-state index contributed by atoms with van der Waals surface area (Å²) in [6.45, 7) is 8.13. The lowest BCUT2D eigenvalue weighted by Gasteiger charge is -2.28. The summed E-state index contributed by atoms with van der Waals surface area (Å²) in [4.78, 5) is 34.1. The van der Waals surface area contributed by atoms with E-state index in [0.29, 0.717) is 18.3 Å². The second kappa shape index (κ2) is 8.25. The maximum Gasteiger partial charge on any atom is 0.255 e. The molecule has 0 bridgehead atoms. The van der Waals surface area contributed by atoms with E-state index in [4.69, 9.17) is 4.74 Å². The number of rotatable bonds is 6. The number of amides is 2. The molecule has 25 heavy (non-hydrogen) atoms. The number of anilines is 1. The molecule has 7 nitrogen and oxygen atoms in total. The normalized spacial score (nSPS) is 20.3. The Bertz CT molecular complexity index is 623. The average molecular weight is 366 g/mol. The second-order valence-corrected chi connectivity index (χ2v) is 7.49. The van der Waals surface area contributed by atoms with Gasteiger partial charge in [0.15, 0.2) is 5.13 Å². The van der Waals surface area contributed by atoms with E-state index in [0.717, 1.165) is 56.0 Å². The van der Waals surface area contributed by atoms with Crippen LogP contribution in [0.3, 0.4) is 0 Å². The first-order chi connectivity index (χ1) is 12.1. The predicted molar refractivity (Wildman–Crippen MR) is 96.6 cm³/mol. The summed E-state index contributed by atoms with van der Waals surface area (Å²) < 4.78 is 5.41. The molecule has 8 heteroatoms. The van der Waals surface area contributed by atoms with Gasteiger partial charge in [-0.15, -0.1) is 11.3 Å². The molecular formula is C17H26N4O3S. The molecule has 3 rings (SSSR count). The number of ether oxygens (including phenoxy) is 1. The largest absolute Gasteiger partial charge is 0.368 e. The van der Waals surface area contributed by atoms with E-state index < -0.39 is 0 Å². The lowest BCUT2D eigenvalue weighted by molar-refractivity contribution is -0.132. The standard InChI is InChI=1S/C17H26N4O3S/c1-3-21(4-2)15(22)11-20-8-7-12-14(10-20)25-17(18-12)19-16(23)13-6-5-9-24-13/h13H,3-11H2,1-2H3,(H,18,19,23). The summed E-state index contributed by atoms with van der Waals surface area (Å²) in [5.74, 6) is 0.0713. The minimum atomic E-state index is -0.343. The van der Waals surface area contributed by atoms with E-state index in [-0.39, 0.29) is 17.9 Å². The maximum atomic E-state index is 12.3. The summed E-state index contributed by atoms with van der Waals surface area (Å²) in [5, 5.41) is 3.52. The van der Waals surface area contributed by atoms with Crippen molar-refractivity contribution in [1.29, 1.82) is 0 Å². The fourth-order valence-electron chi connectivity index (χ4n) is 3.27. The number of hydrogen-bond donors (Lipinski definition) is 1. The Morgan fingerprint density at radius 2 is 2.20 bits per heavy atom. The van der Waals surface area contributed by atoms with E-state index >= 15 is 0 Å². The van der Waals surface area contributed by atoms with Crippen molar-refractivity contribution in [2.45, 2.75) is 45.8 Å². The van der Waals surface area contributed by atoms with Gasteiger partial charge in [0.2, 0.25) is 5.91 Å². The van der Waals surface area contributed by atoms with Gasteiger partial charge >= 0.3 is 0 Å². The lowest BCUT2D eigenvalue weighted by Crippen LogP contribution is -2.41. The van der Waals surface area contributed by atoms with Gasteiger partial charge in [0.05, 0.1) is 12.2 Å². The SMILES string of the molecule is CCN(CC)C(=O)CN1CCc2nc(NC(=O)C3CCCO3)sc2C1. The highest BCUT2D eigenvalue weighted by atomic mass is 32.1. The average Bonchev–Trinajstić information content (AvgIpc) is 3.24. The number of fused-ring (bicyclic) bond motifs is 1. The number of aromatic nitrogens is 1. The topological polar surface area (TPSA) is 74.8 Å². The van der Waals surface area contributed by atoms with E-state index in [1.165, 1.54) is 11.3 Å². The molecule has 0 aliphatic carbocycles. The number of nitrogens with zero attached hydrogens (tertiary/aromatic N) is 3. The number of likely N-dealkylation sites (N-methyl/N-ethyl adjacent to an activating group) is 1. The summed E-state index contributed by atoms with van der Waals surface area (Å²) in [6, 6.07) is 0. The summed E-state index contributed by atoms with van der Waals surface area (Å²) in [5.41, 5.74) is 1.04. The van der Waals surface area contributed by atoms with Crippen LogP contribution in [-0.2, 0) is 27.3 Å². The third-order valence-corrected chi connectivity index (χ3v) is 5.74. The molecule has 1 aromatic rings. The van der Waals surface area contributed by atoms with E-state index in [1.807, 2.05) is 18.7 Å².